The number of hydrogen-bond donors (Lipinski definition) is 5. The van der Waals surface area contributed by atoms with E-state index in [1.165, 1.54) is 7.11 Å². The van der Waals surface area contributed by atoms with Crippen molar-refractivity contribution in [2.24, 2.45) is 11.8 Å². The first-order chi connectivity index (χ1) is 31.2. The van der Waals surface area contributed by atoms with Gasteiger partial charge in [0, 0.05) is 23.0 Å². The zero-order chi connectivity index (χ0) is 45.8. The van der Waals surface area contributed by atoms with E-state index in [9.17, 15) is 24.3 Å². The average Bonchev–Trinajstić information content (AvgIpc) is 4.11. The summed E-state index contributed by atoms with van der Waals surface area (Å²) in [6.07, 6.45) is 4.89. The number of nitrogens with zero attached hydrogens (tertiary/aromatic N) is 4. The molecular formula is C49H60N8O8. The van der Waals surface area contributed by atoms with Crippen molar-refractivity contribution in [3.05, 3.63) is 65.9 Å². The van der Waals surface area contributed by atoms with E-state index in [0.29, 0.717) is 37.5 Å². The number of carbonyl (C=O) groups is 4. The number of benzene rings is 3. The normalized spacial score (nSPS) is 25.4. The van der Waals surface area contributed by atoms with Crippen molar-refractivity contribution in [1.29, 1.82) is 0 Å². The van der Waals surface area contributed by atoms with Gasteiger partial charge in [-0.3, -0.25) is 9.59 Å². The molecule has 5 N–H and O–H groups in total. The quantitative estimate of drug-likeness (QED) is 0.0906. The first-order valence-corrected chi connectivity index (χ1v) is 23.1. The number of hydrogen-bond acceptors (Lipinski definition) is 9. The van der Waals surface area contributed by atoms with E-state index < -0.39 is 24.3 Å². The van der Waals surface area contributed by atoms with Gasteiger partial charge >= 0.3 is 12.2 Å². The lowest BCUT2D eigenvalue weighted by atomic mass is 9.85. The molecule has 4 amide bonds. The molecule has 4 aliphatic heterocycles. The van der Waals surface area contributed by atoms with Crippen molar-refractivity contribution in [2.75, 3.05) is 7.11 Å². The monoisotopic (exact) mass is 888 g/mol. The summed E-state index contributed by atoms with van der Waals surface area (Å²) in [6, 6.07) is 12.3. The van der Waals surface area contributed by atoms with Gasteiger partial charge < -0.3 is 49.7 Å². The summed E-state index contributed by atoms with van der Waals surface area (Å²) in [5.74, 6) is 1.52. The number of alkyl carbamates (subject to hydrolysis) is 1. The summed E-state index contributed by atoms with van der Waals surface area (Å²) in [7, 11) is 1.31. The van der Waals surface area contributed by atoms with Crippen molar-refractivity contribution in [3.8, 4) is 28.1 Å². The van der Waals surface area contributed by atoms with Gasteiger partial charge in [0.25, 0.3) is 0 Å². The molecule has 2 aromatic heterocycles. The number of aromatic amines is 2. The van der Waals surface area contributed by atoms with Gasteiger partial charge in [-0.2, -0.15) is 0 Å². The van der Waals surface area contributed by atoms with Crippen molar-refractivity contribution < 1.29 is 38.5 Å². The van der Waals surface area contributed by atoms with E-state index in [2.05, 4.69) is 63.9 Å². The minimum Gasteiger partial charge on any atom is -0.488 e. The van der Waals surface area contributed by atoms with Crippen LogP contribution in [0.2, 0.25) is 0 Å². The lowest BCUT2D eigenvalue weighted by Crippen LogP contribution is -2.55. The highest BCUT2D eigenvalue weighted by atomic mass is 16.5. The molecule has 0 unspecified atom stereocenters. The molecule has 16 heteroatoms. The van der Waals surface area contributed by atoms with E-state index in [0.717, 1.165) is 81.2 Å². The largest absolute Gasteiger partial charge is 0.488 e. The third-order valence-corrected chi connectivity index (χ3v) is 14.4. The first kappa shape index (κ1) is 44.1. The number of imidazole rings is 2. The van der Waals surface area contributed by atoms with Gasteiger partial charge in [0.15, 0.2) is 0 Å². The van der Waals surface area contributed by atoms with Crippen LogP contribution in [0, 0.1) is 11.8 Å². The number of carbonyl (C=O) groups excluding carboxylic acids is 3. The van der Waals surface area contributed by atoms with Gasteiger partial charge in [-0.15, -0.1) is 0 Å². The SMILES string of the molecule is CC[C@H](C)[C@H](NC(=O)O)C(=O)N1[C@@H](C)CC[C@H]1c1ncc(-c2ccc3c(c2)COc2cc4c(ccc5nc([C@@H]6CC[C@H](C)N6C(=O)[C@@H](NC(=O)OC)C6C[C@@H](C)O[C@H](C)C6)[nH]c54)cc2-3)[nH]1. The molecular weight excluding hydrogens is 829 g/mol. The first-order valence-electron chi connectivity index (χ1n) is 23.1. The molecule has 9 rings (SSSR count). The number of H-pyrrole nitrogens is 2. The fourth-order valence-electron chi connectivity index (χ4n) is 11.0. The Morgan fingerprint density at radius 3 is 2.28 bits per heavy atom. The maximum Gasteiger partial charge on any atom is 0.407 e. The number of methoxy groups -OCH3 is 1. The summed E-state index contributed by atoms with van der Waals surface area (Å²) in [5.41, 5.74) is 6.51. The molecule has 0 radical (unpaired) electrons. The van der Waals surface area contributed by atoms with Crippen LogP contribution < -0.4 is 15.4 Å². The molecule has 16 nitrogen and oxygen atoms in total. The fraction of sp³-hybridized carbons (Fsp3) is 0.510. The van der Waals surface area contributed by atoms with E-state index in [4.69, 9.17) is 24.2 Å². The minimum absolute atomic E-state index is 0.0370. The van der Waals surface area contributed by atoms with Gasteiger partial charge in [0.05, 0.1) is 54.3 Å². The molecule has 5 aromatic rings. The van der Waals surface area contributed by atoms with Crippen LogP contribution in [0.15, 0.2) is 48.7 Å². The summed E-state index contributed by atoms with van der Waals surface area (Å²) in [5, 5.41) is 16.9. The fourth-order valence-corrected chi connectivity index (χ4v) is 11.0. The Labute approximate surface area is 378 Å². The number of carboxylic acid groups (broad SMARTS) is 1. The van der Waals surface area contributed by atoms with Crippen molar-refractivity contribution in [1.82, 2.24) is 40.4 Å². The lowest BCUT2D eigenvalue weighted by molar-refractivity contribution is -0.140. The summed E-state index contributed by atoms with van der Waals surface area (Å²) in [4.78, 5) is 73.4. The zero-order valence-corrected chi connectivity index (χ0v) is 38.1. The molecule has 3 aromatic carbocycles. The van der Waals surface area contributed by atoms with Crippen LogP contribution in [0.1, 0.15) is 116 Å². The molecule has 0 saturated carbocycles. The van der Waals surface area contributed by atoms with Crippen molar-refractivity contribution in [2.45, 2.75) is 142 Å². The van der Waals surface area contributed by atoms with Gasteiger partial charge in [-0.1, -0.05) is 38.5 Å². The molecule has 9 atom stereocenters. The van der Waals surface area contributed by atoms with Crippen LogP contribution in [-0.4, -0.2) is 102 Å². The summed E-state index contributed by atoms with van der Waals surface area (Å²) < 4.78 is 17.4. The highest BCUT2D eigenvalue weighted by molar-refractivity contribution is 6.07. The smallest absolute Gasteiger partial charge is 0.407 e. The molecule has 0 bridgehead atoms. The third kappa shape index (κ3) is 8.25. The Bertz CT molecular complexity index is 2630. The van der Waals surface area contributed by atoms with Gasteiger partial charge in [-0.05, 0) is 124 Å². The Kier molecular flexibility index (Phi) is 12.0. The van der Waals surface area contributed by atoms with Crippen LogP contribution in [0.25, 0.3) is 44.2 Å². The standard InChI is InChI=1S/C49H60N8O8/c1-8-24(2)41(54-48(60)61)46(58)56-25(3)9-15-38(56)44-50-22-37(52-44)30-11-13-33-32(19-30)23-64-40-21-34-29(20-35(33)40)12-14-36-43(34)53-45(51-36)39-16-10-26(4)57(39)47(59)42(55-49(62)63-7)31-17-27(5)65-28(6)18-31/h11-14,19-22,24-28,31,38-39,41-42,54H,8-10,15-18,23H2,1-7H3,(H,50,52)(H,51,53)(H,55,62)(H,60,61)/t24-,25-,26-,27+,28+,38-,39-,41-,42-/m0/s1. The molecule has 65 heavy (non-hydrogen) atoms. The van der Waals surface area contributed by atoms with Crippen molar-refractivity contribution >= 4 is 45.8 Å². The van der Waals surface area contributed by atoms with Crippen LogP contribution >= 0.6 is 0 Å². The Hall–Kier alpha value is -6.16. The number of fused-ring (bicyclic) bond motifs is 6. The molecule has 344 valence electrons. The minimum atomic E-state index is -1.21. The maximum atomic E-state index is 14.6. The zero-order valence-electron chi connectivity index (χ0n) is 38.1. The van der Waals surface area contributed by atoms with Gasteiger partial charge in [0.2, 0.25) is 11.8 Å². The lowest BCUT2D eigenvalue weighted by Gasteiger charge is -2.39. The average molecular weight is 889 g/mol. The number of rotatable bonds is 10. The van der Waals surface area contributed by atoms with E-state index in [1.807, 2.05) is 45.6 Å². The molecule has 3 saturated heterocycles. The predicted octanol–water partition coefficient (Wildman–Crippen LogP) is 8.38. The molecule has 3 fully saturated rings. The Morgan fingerprint density at radius 1 is 0.877 bits per heavy atom. The second-order valence-electron chi connectivity index (χ2n) is 18.8. The van der Waals surface area contributed by atoms with Crippen molar-refractivity contribution in [3.63, 3.8) is 0 Å². The maximum absolute atomic E-state index is 14.6. The Morgan fingerprint density at radius 2 is 1.58 bits per heavy atom. The topological polar surface area (TPSA) is 204 Å². The van der Waals surface area contributed by atoms with Crippen LogP contribution in [-0.2, 0) is 25.7 Å². The number of amides is 4. The van der Waals surface area contributed by atoms with Crippen LogP contribution in [0.5, 0.6) is 5.75 Å². The van der Waals surface area contributed by atoms with E-state index in [1.54, 1.807) is 11.1 Å². The van der Waals surface area contributed by atoms with Gasteiger partial charge in [0.1, 0.15) is 36.1 Å². The second-order valence-corrected chi connectivity index (χ2v) is 18.8. The molecule has 0 spiro atoms. The number of nitrogens with one attached hydrogen (secondary N) is 4. The van der Waals surface area contributed by atoms with Gasteiger partial charge in [-0.25, -0.2) is 19.6 Å². The van der Waals surface area contributed by atoms with E-state index >= 15 is 0 Å². The molecule has 4 aliphatic rings. The second kappa shape index (κ2) is 17.7. The van der Waals surface area contributed by atoms with E-state index in [-0.39, 0.29) is 60.0 Å². The highest BCUT2D eigenvalue weighted by Crippen LogP contribution is 2.44. The number of ether oxygens (including phenoxy) is 3. The molecule has 0 aliphatic carbocycles. The number of likely N-dealkylation sites (tertiary alicyclic amines) is 2. The highest BCUT2D eigenvalue weighted by Gasteiger charge is 2.45. The predicted molar refractivity (Wildman–Crippen MR) is 244 cm³/mol. The third-order valence-electron chi connectivity index (χ3n) is 14.4. The summed E-state index contributed by atoms with van der Waals surface area (Å²) >= 11 is 0. The molecule has 6 heterocycles. The summed E-state index contributed by atoms with van der Waals surface area (Å²) in [6.45, 7) is 12.3. The van der Waals surface area contributed by atoms with Crippen LogP contribution in [0.3, 0.4) is 0 Å². The number of aromatic nitrogens is 4. The van der Waals surface area contributed by atoms with Crippen LogP contribution in [0.4, 0.5) is 9.59 Å². The Balaban J connectivity index is 0.967.